The number of amides is 3. The van der Waals surface area contributed by atoms with E-state index in [1.165, 1.54) is 11.1 Å². The van der Waals surface area contributed by atoms with Gasteiger partial charge in [0.25, 0.3) is 5.91 Å². The van der Waals surface area contributed by atoms with Gasteiger partial charge in [-0.3, -0.25) is 19.7 Å². The van der Waals surface area contributed by atoms with Gasteiger partial charge in [0, 0.05) is 36.8 Å². The number of aryl methyl sites for hydroxylation is 1. The van der Waals surface area contributed by atoms with Crippen LogP contribution in [0.1, 0.15) is 57.9 Å². The molecule has 0 bridgehead atoms. The number of nitrogens with two attached hydrogens (primary N) is 1. The van der Waals surface area contributed by atoms with Crippen LogP contribution in [-0.2, 0) is 29.1 Å². The molecule has 0 saturated carbocycles. The zero-order valence-corrected chi connectivity index (χ0v) is 16.6. The number of piperidine rings is 1. The van der Waals surface area contributed by atoms with Crippen molar-refractivity contribution in [1.82, 2.24) is 15.5 Å². The van der Waals surface area contributed by atoms with Crippen molar-refractivity contribution in [3.05, 3.63) is 64.2 Å². The van der Waals surface area contributed by atoms with E-state index in [2.05, 4.69) is 16.7 Å². The van der Waals surface area contributed by atoms with Crippen LogP contribution in [0.15, 0.2) is 36.4 Å². The van der Waals surface area contributed by atoms with Crippen molar-refractivity contribution in [2.75, 3.05) is 5.73 Å². The molecule has 2 aliphatic heterocycles. The number of rotatable bonds is 4. The lowest BCUT2D eigenvalue weighted by molar-refractivity contribution is -0.136. The Morgan fingerprint density at radius 1 is 1.07 bits per heavy atom. The van der Waals surface area contributed by atoms with Gasteiger partial charge in [-0.2, -0.15) is 0 Å². The molecule has 2 heterocycles. The highest BCUT2D eigenvalue weighted by atomic mass is 16.2. The number of nitrogens with zero attached hydrogens (tertiary/aromatic N) is 1. The maximum absolute atomic E-state index is 13.2. The van der Waals surface area contributed by atoms with Crippen LogP contribution >= 0.6 is 0 Å². The minimum atomic E-state index is -0.587. The van der Waals surface area contributed by atoms with Crippen LogP contribution in [0, 0.1) is 0 Å². The molecule has 0 spiro atoms. The Morgan fingerprint density at radius 2 is 1.93 bits per heavy atom. The van der Waals surface area contributed by atoms with E-state index >= 15 is 0 Å². The fourth-order valence-electron chi connectivity index (χ4n) is 4.92. The van der Waals surface area contributed by atoms with Gasteiger partial charge in [0.1, 0.15) is 6.04 Å². The van der Waals surface area contributed by atoms with Crippen LogP contribution in [0.2, 0.25) is 0 Å². The molecule has 4 N–H and O–H groups in total. The molecule has 7 heteroatoms. The van der Waals surface area contributed by atoms with Crippen molar-refractivity contribution in [1.29, 1.82) is 0 Å². The summed E-state index contributed by atoms with van der Waals surface area (Å²) in [7, 11) is 0. The smallest absolute Gasteiger partial charge is 0.255 e. The number of anilines is 1. The molecule has 0 aromatic heterocycles. The minimum absolute atomic E-state index is 0.128. The first-order chi connectivity index (χ1) is 14.5. The second-order valence-corrected chi connectivity index (χ2v) is 8.28. The van der Waals surface area contributed by atoms with E-state index in [1.54, 1.807) is 4.90 Å². The van der Waals surface area contributed by atoms with Crippen LogP contribution in [-0.4, -0.2) is 28.7 Å². The Kier molecular flexibility index (Phi) is 4.55. The summed E-state index contributed by atoms with van der Waals surface area (Å²) in [4.78, 5) is 38.5. The van der Waals surface area contributed by atoms with Crippen molar-refractivity contribution in [3.63, 3.8) is 0 Å². The molecule has 0 radical (unpaired) electrons. The molecule has 154 valence electrons. The number of hydrogen-bond acceptors (Lipinski definition) is 5. The number of nitrogens with one attached hydrogen (secondary N) is 2. The Morgan fingerprint density at radius 3 is 2.77 bits per heavy atom. The number of nitrogen functional groups attached to an aromatic ring is 1. The van der Waals surface area contributed by atoms with E-state index < -0.39 is 6.04 Å². The van der Waals surface area contributed by atoms with E-state index in [9.17, 15) is 14.4 Å². The Balaban J connectivity index is 1.33. The molecule has 3 aliphatic rings. The summed E-state index contributed by atoms with van der Waals surface area (Å²) in [5.74, 6) is -0.783. The van der Waals surface area contributed by atoms with Gasteiger partial charge in [-0.1, -0.05) is 24.3 Å². The summed E-state index contributed by atoms with van der Waals surface area (Å²) in [6, 6.07) is 11.6. The fourth-order valence-corrected chi connectivity index (χ4v) is 4.92. The predicted molar refractivity (Wildman–Crippen MR) is 111 cm³/mol. The molecular weight excluding hydrogens is 380 g/mol. The molecule has 2 unspecified atom stereocenters. The van der Waals surface area contributed by atoms with Crippen LogP contribution in [0.4, 0.5) is 5.69 Å². The van der Waals surface area contributed by atoms with Crippen molar-refractivity contribution in [2.24, 2.45) is 0 Å². The van der Waals surface area contributed by atoms with Gasteiger partial charge < -0.3 is 16.0 Å². The zero-order valence-electron chi connectivity index (χ0n) is 16.6. The number of benzene rings is 2. The van der Waals surface area contributed by atoms with Gasteiger partial charge in [0.15, 0.2) is 0 Å². The summed E-state index contributed by atoms with van der Waals surface area (Å²) in [6.45, 7) is 0.979. The number of carbonyl (C=O) groups excluding carboxylic acids is 3. The predicted octanol–water partition coefficient (Wildman–Crippen LogP) is 1.81. The van der Waals surface area contributed by atoms with Gasteiger partial charge >= 0.3 is 0 Å². The molecule has 1 aliphatic carbocycles. The lowest BCUT2D eigenvalue weighted by Gasteiger charge is -2.29. The summed E-state index contributed by atoms with van der Waals surface area (Å²) >= 11 is 0. The summed E-state index contributed by atoms with van der Waals surface area (Å²) in [5, 5.41) is 5.95. The minimum Gasteiger partial charge on any atom is -0.399 e. The Hall–Kier alpha value is -3.19. The Labute approximate surface area is 174 Å². The molecule has 1 saturated heterocycles. The first-order valence-corrected chi connectivity index (χ1v) is 10.4. The first-order valence-electron chi connectivity index (χ1n) is 10.4. The number of hydrogen-bond donors (Lipinski definition) is 3. The van der Waals surface area contributed by atoms with Crippen molar-refractivity contribution in [2.45, 2.75) is 50.9 Å². The van der Waals surface area contributed by atoms with E-state index in [0.29, 0.717) is 25.1 Å². The lowest BCUT2D eigenvalue weighted by atomic mass is 10.0. The van der Waals surface area contributed by atoms with Crippen LogP contribution in [0.3, 0.4) is 0 Å². The highest BCUT2D eigenvalue weighted by molar-refractivity contribution is 6.06. The number of fused-ring (bicyclic) bond motifs is 2. The normalized spacial score (nSPS) is 22.8. The highest BCUT2D eigenvalue weighted by Gasteiger charge is 2.40. The van der Waals surface area contributed by atoms with Crippen LogP contribution in [0.25, 0.3) is 0 Å². The van der Waals surface area contributed by atoms with Crippen molar-refractivity contribution in [3.8, 4) is 0 Å². The summed E-state index contributed by atoms with van der Waals surface area (Å²) in [6.07, 6.45) is 2.63. The molecule has 3 amide bonds. The maximum atomic E-state index is 13.2. The lowest BCUT2D eigenvalue weighted by Crippen LogP contribution is -2.52. The molecule has 2 aromatic rings. The Bertz CT molecular complexity index is 1060. The monoisotopic (exact) mass is 404 g/mol. The molecule has 7 nitrogen and oxygen atoms in total. The van der Waals surface area contributed by atoms with E-state index in [-0.39, 0.29) is 30.2 Å². The molecule has 2 atom stereocenters. The quantitative estimate of drug-likeness (QED) is 0.533. The molecule has 5 rings (SSSR count). The van der Waals surface area contributed by atoms with Gasteiger partial charge in [-0.05, 0) is 53.6 Å². The largest absolute Gasteiger partial charge is 0.399 e. The third-order valence-electron chi connectivity index (χ3n) is 6.42. The molecule has 30 heavy (non-hydrogen) atoms. The number of imide groups is 1. The highest BCUT2D eigenvalue weighted by Crippen LogP contribution is 2.34. The molecule has 2 aromatic carbocycles. The topological polar surface area (TPSA) is 105 Å². The van der Waals surface area contributed by atoms with E-state index in [1.807, 2.05) is 30.3 Å². The van der Waals surface area contributed by atoms with E-state index in [0.717, 1.165) is 29.7 Å². The van der Waals surface area contributed by atoms with Crippen LogP contribution in [0.5, 0.6) is 0 Å². The average molecular weight is 404 g/mol. The third-order valence-corrected chi connectivity index (χ3v) is 6.42. The van der Waals surface area contributed by atoms with E-state index in [4.69, 9.17) is 5.73 Å². The standard InChI is InChI=1S/C23H24N4O3/c24-16-5-6-17-13(10-16)4-7-18(17)25-11-14-2-1-3-15-12-27(23(30)21(14)15)19-8-9-20(28)26-22(19)29/h1-3,5-6,10,18-19,25H,4,7-9,11-12,24H2,(H,26,28,29). The van der Waals surface area contributed by atoms with Gasteiger partial charge in [0.2, 0.25) is 11.8 Å². The fraction of sp³-hybridized carbons (Fsp3) is 0.348. The van der Waals surface area contributed by atoms with Gasteiger partial charge in [-0.15, -0.1) is 0 Å². The summed E-state index contributed by atoms with van der Waals surface area (Å²) < 4.78 is 0. The maximum Gasteiger partial charge on any atom is 0.255 e. The summed E-state index contributed by atoms with van der Waals surface area (Å²) in [5.41, 5.74) is 11.8. The second-order valence-electron chi connectivity index (χ2n) is 8.28. The van der Waals surface area contributed by atoms with Crippen molar-refractivity contribution >= 4 is 23.4 Å². The van der Waals surface area contributed by atoms with Crippen molar-refractivity contribution < 1.29 is 14.4 Å². The average Bonchev–Trinajstić information content (AvgIpc) is 3.27. The van der Waals surface area contributed by atoms with Gasteiger partial charge in [0.05, 0.1) is 0 Å². The van der Waals surface area contributed by atoms with Crippen LogP contribution < -0.4 is 16.4 Å². The molecule has 1 fully saturated rings. The third kappa shape index (κ3) is 3.15. The first kappa shape index (κ1) is 18.8. The second kappa shape index (κ2) is 7.25. The SMILES string of the molecule is Nc1ccc2c(c1)CCC2NCc1cccc2c1C(=O)N(C1CCC(=O)NC1=O)C2. The van der Waals surface area contributed by atoms with Gasteiger partial charge in [-0.25, -0.2) is 0 Å². The number of carbonyl (C=O) groups is 3. The zero-order chi connectivity index (χ0) is 20.8. The molecular formula is C23H24N4O3.